The van der Waals surface area contributed by atoms with E-state index in [9.17, 15) is 19.4 Å². The van der Waals surface area contributed by atoms with Gasteiger partial charge in [0.15, 0.2) is 0 Å². The van der Waals surface area contributed by atoms with E-state index in [0.29, 0.717) is 17.4 Å². The summed E-state index contributed by atoms with van der Waals surface area (Å²) in [7, 11) is 1.56. The van der Waals surface area contributed by atoms with Gasteiger partial charge in [0.25, 0.3) is 0 Å². The van der Waals surface area contributed by atoms with E-state index in [1.54, 1.807) is 6.08 Å². The van der Waals surface area contributed by atoms with E-state index in [1.807, 2.05) is 27.2 Å². The summed E-state index contributed by atoms with van der Waals surface area (Å²) in [6, 6.07) is -0.863. The van der Waals surface area contributed by atoms with Crippen molar-refractivity contribution in [3.63, 3.8) is 0 Å². The molecule has 0 saturated carbocycles. The highest BCUT2D eigenvalue weighted by Crippen LogP contribution is 2.43. The molecule has 0 aliphatic heterocycles. The van der Waals surface area contributed by atoms with Crippen molar-refractivity contribution in [1.29, 1.82) is 0 Å². The number of quaternary nitrogens is 1. The van der Waals surface area contributed by atoms with Crippen LogP contribution in [0.2, 0.25) is 0 Å². The van der Waals surface area contributed by atoms with Crippen LogP contribution in [-0.4, -0.2) is 73.4 Å². The van der Waals surface area contributed by atoms with Gasteiger partial charge in [0, 0.05) is 6.42 Å². The molecule has 1 amide bonds. The van der Waals surface area contributed by atoms with Gasteiger partial charge in [-0.2, -0.15) is 0 Å². The Bertz CT molecular complexity index is 1170. The van der Waals surface area contributed by atoms with E-state index in [2.05, 4.69) is 43.5 Å². The average Bonchev–Trinajstić information content (AvgIpc) is 3.28. The lowest BCUT2D eigenvalue weighted by Crippen LogP contribution is -2.45. The number of phosphoric acid groups is 1. The van der Waals surface area contributed by atoms with Gasteiger partial charge in [0.05, 0.1) is 39.9 Å². The molecular formula is C57H112N2O6P+. The number of amides is 1. The normalized spacial score (nSPS) is 14.2. The minimum Gasteiger partial charge on any atom is -0.387 e. The topological polar surface area (TPSA) is 105 Å². The third-order valence-electron chi connectivity index (χ3n) is 12.8. The number of likely N-dealkylation sites (N-methyl/N-ethyl adjacent to an activating group) is 1. The summed E-state index contributed by atoms with van der Waals surface area (Å²) in [6.45, 7) is 4.82. The zero-order valence-corrected chi connectivity index (χ0v) is 45.3. The standard InChI is InChI=1S/C57H111N2O6P/c1-6-8-10-12-14-16-18-20-22-24-25-26-27-28-29-30-31-32-33-35-37-39-41-43-45-47-49-51-57(61)58-55(54-65-66(62,63)64-53-52-59(3,4)5)56(60)50-48-46-44-42-40-38-36-34-23-21-19-17-15-13-11-9-7-2/h28-29,40,42,48,50,55-56,60H,6-27,30-39,41,43-47,49,51-54H2,1-5H3,(H-,58,61,62,63)/p+1/b29-28-,42-40+,50-48+. The molecule has 66 heavy (non-hydrogen) atoms. The van der Waals surface area contributed by atoms with Crippen LogP contribution < -0.4 is 5.32 Å². The lowest BCUT2D eigenvalue weighted by atomic mass is 10.0. The van der Waals surface area contributed by atoms with Crippen LogP contribution in [0, 0.1) is 0 Å². The van der Waals surface area contributed by atoms with Gasteiger partial charge in [-0.3, -0.25) is 13.8 Å². The third kappa shape index (κ3) is 50.6. The molecule has 0 fully saturated rings. The fourth-order valence-corrected chi connectivity index (χ4v) is 9.08. The molecule has 390 valence electrons. The number of rotatable bonds is 52. The van der Waals surface area contributed by atoms with Crippen molar-refractivity contribution in [2.24, 2.45) is 0 Å². The first-order valence-corrected chi connectivity index (χ1v) is 29.9. The molecular weight excluding hydrogens is 840 g/mol. The Morgan fingerprint density at radius 1 is 0.500 bits per heavy atom. The van der Waals surface area contributed by atoms with Gasteiger partial charge in [-0.05, 0) is 57.8 Å². The summed E-state index contributed by atoms with van der Waals surface area (Å²) in [5, 5.41) is 13.9. The van der Waals surface area contributed by atoms with E-state index >= 15 is 0 Å². The molecule has 0 rings (SSSR count). The van der Waals surface area contributed by atoms with Crippen molar-refractivity contribution >= 4 is 13.7 Å². The molecule has 3 atom stereocenters. The Balaban J connectivity index is 4.19. The number of unbranched alkanes of at least 4 members (excludes halogenated alkanes) is 35. The van der Waals surface area contributed by atoms with Crippen molar-refractivity contribution < 1.29 is 32.9 Å². The second kappa shape index (κ2) is 48.7. The molecule has 0 saturated heterocycles. The van der Waals surface area contributed by atoms with Gasteiger partial charge in [-0.15, -0.1) is 0 Å². The maximum absolute atomic E-state index is 13.0. The molecule has 3 unspecified atom stereocenters. The molecule has 0 bridgehead atoms. The summed E-state index contributed by atoms with van der Waals surface area (Å²) in [6.07, 6.45) is 62.5. The van der Waals surface area contributed by atoms with Crippen LogP contribution in [0.1, 0.15) is 271 Å². The Hall–Kier alpha value is -1.28. The number of aliphatic hydroxyl groups excluding tert-OH is 1. The van der Waals surface area contributed by atoms with Crippen LogP contribution in [0.15, 0.2) is 36.5 Å². The molecule has 3 N–H and O–H groups in total. The lowest BCUT2D eigenvalue weighted by molar-refractivity contribution is -0.870. The quantitative estimate of drug-likeness (QED) is 0.0243. The summed E-state index contributed by atoms with van der Waals surface area (Å²) >= 11 is 0. The van der Waals surface area contributed by atoms with Gasteiger partial charge in [0.1, 0.15) is 13.2 Å². The van der Waals surface area contributed by atoms with Crippen molar-refractivity contribution in [3.05, 3.63) is 36.5 Å². The molecule has 0 spiro atoms. The molecule has 0 aliphatic carbocycles. The number of phosphoric ester groups is 1. The van der Waals surface area contributed by atoms with E-state index in [0.717, 1.165) is 38.5 Å². The van der Waals surface area contributed by atoms with Crippen molar-refractivity contribution in [1.82, 2.24) is 5.32 Å². The number of aliphatic hydroxyl groups is 1. The number of nitrogens with one attached hydrogen (secondary N) is 1. The van der Waals surface area contributed by atoms with Crippen LogP contribution in [0.5, 0.6) is 0 Å². The fraction of sp³-hybridized carbons (Fsp3) is 0.877. The zero-order valence-electron chi connectivity index (χ0n) is 44.4. The Morgan fingerprint density at radius 2 is 0.833 bits per heavy atom. The van der Waals surface area contributed by atoms with Gasteiger partial charge >= 0.3 is 7.82 Å². The molecule has 0 aromatic carbocycles. The zero-order chi connectivity index (χ0) is 48.5. The van der Waals surface area contributed by atoms with Crippen LogP contribution in [0.3, 0.4) is 0 Å². The summed E-state index contributed by atoms with van der Waals surface area (Å²) in [4.78, 5) is 23.3. The highest BCUT2D eigenvalue weighted by molar-refractivity contribution is 7.47. The van der Waals surface area contributed by atoms with E-state index in [1.165, 1.54) is 212 Å². The molecule has 0 aromatic heterocycles. The first-order chi connectivity index (χ1) is 32.0. The van der Waals surface area contributed by atoms with E-state index in [-0.39, 0.29) is 19.1 Å². The number of carbonyl (C=O) groups excluding carboxylic acids is 1. The van der Waals surface area contributed by atoms with Crippen molar-refractivity contribution in [2.75, 3.05) is 40.9 Å². The average molecular weight is 953 g/mol. The number of carbonyl (C=O) groups is 1. The molecule has 0 heterocycles. The van der Waals surface area contributed by atoms with Crippen LogP contribution in [0.4, 0.5) is 0 Å². The summed E-state index contributed by atoms with van der Waals surface area (Å²) in [5.41, 5.74) is 0. The maximum atomic E-state index is 13.0. The fourth-order valence-electron chi connectivity index (χ4n) is 8.35. The number of allylic oxidation sites excluding steroid dienone is 5. The molecule has 0 radical (unpaired) electrons. The highest BCUT2D eigenvalue weighted by Gasteiger charge is 2.27. The number of hydrogen-bond acceptors (Lipinski definition) is 5. The molecule has 0 aliphatic rings. The van der Waals surface area contributed by atoms with Gasteiger partial charge in [-0.1, -0.05) is 243 Å². The number of hydrogen-bond donors (Lipinski definition) is 3. The second-order valence-corrected chi connectivity index (χ2v) is 22.1. The first kappa shape index (κ1) is 64.7. The predicted molar refractivity (Wildman–Crippen MR) is 286 cm³/mol. The Kier molecular flexibility index (Phi) is 47.8. The lowest BCUT2D eigenvalue weighted by Gasteiger charge is -2.25. The number of nitrogens with zero attached hydrogens (tertiary/aromatic N) is 1. The van der Waals surface area contributed by atoms with Crippen molar-refractivity contribution in [2.45, 2.75) is 283 Å². The largest absolute Gasteiger partial charge is 0.472 e. The molecule has 8 nitrogen and oxygen atoms in total. The minimum absolute atomic E-state index is 0.0567. The van der Waals surface area contributed by atoms with E-state index < -0.39 is 20.0 Å². The maximum Gasteiger partial charge on any atom is 0.472 e. The monoisotopic (exact) mass is 952 g/mol. The van der Waals surface area contributed by atoms with Crippen LogP contribution in [-0.2, 0) is 18.4 Å². The Labute approximate surface area is 410 Å². The second-order valence-electron chi connectivity index (χ2n) is 20.7. The van der Waals surface area contributed by atoms with Crippen LogP contribution in [0.25, 0.3) is 0 Å². The minimum atomic E-state index is -4.35. The van der Waals surface area contributed by atoms with Gasteiger partial charge in [0.2, 0.25) is 5.91 Å². The SMILES string of the molecule is CCCCCCCCCCCCC/C=C/CC/C=C/C(O)C(COP(=O)(O)OCC[N+](C)(C)C)NC(=O)CCCCCCCCCCCCC/C=C\CCCCCCCCCCCCCC. The summed E-state index contributed by atoms with van der Waals surface area (Å²) < 4.78 is 23.7. The predicted octanol–water partition coefficient (Wildman–Crippen LogP) is 17.0. The van der Waals surface area contributed by atoms with Gasteiger partial charge < -0.3 is 19.8 Å². The summed E-state index contributed by atoms with van der Waals surface area (Å²) in [5.74, 6) is -0.185. The highest BCUT2D eigenvalue weighted by atomic mass is 31.2. The van der Waals surface area contributed by atoms with Crippen LogP contribution >= 0.6 is 7.82 Å². The smallest absolute Gasteiger partial charge is 0.387 e. The first-order valence-electron chi connectivity index (χ1n) is 28.4. The molecule has 9 heteroatoms. The van der Waals surface area contributed by atoms with Crippen molar-refractivity contribution in [3.8, 4) is 0 Å². The third-order valence-corrected chi connectivity index (χ3v) is 13.8. The van der Waals surface area contributed by atoms with E-state index in [4.69, 9.17) is 9.05 Å². The Morgan fingerprint density at radius 3 is 1.21 bits per heavy atom. The van der Waals surface area contributed by atoms with Gasteiger partial charge in [-0.25, -0.2) is 4.57 Å². The molecule has 0 aromatic rings.